The molecule has 3 fully saturated rings. The Labute approximate surface area is 214 Å². The number of rotatable bonds is 6. The topological polar surface area (TPSA) is 129 Å². The SMILES string of the molecule is CC(C1CC1)N1Cc2cc(-c3ccn4nc(N)c(C(=O)NC5CC5)c4n3)cc(N3CCC(O)C3)c2C1=O. The molecule has 0 bridgehead atoms. The van der Waals surface area contributed by atoms with Crippen LogP contribution in [0.25, 0.3) is 16.9 Å². The normalized spacial score (nSPS) is 22.1. The largest absolute Gasteiger partial charge is 0.391 e. The van der Waals surface area contributed by atoms with Gasteiger partial charge in [0.1, 0.15) is 5.56 Å². The van der Waals surface area contributed by atoms with E-state index in [2.05, 4.69) is 22.2 Å². The number of carbonyl (C=O) groups excluding carboxylic acids is 2. The van der Waals surface area contributed by atoms with E-state index in [9.17, 15) is 14.7 Å². The predicted octanol–water partition coefficient (Wildman–Crippen LogP) is 2.20. The molecule has 2 aromatic heterocycles. The first-order chi connectivity index (χ1) is 17.9. The fraction of sp³-hybridized carbons (Fsp3) is 0.481. The molecule has 1 aromatic carbocycles. The molecule has 10 heteroatoms. The van der Waals surface area contributed by atoms with Crippen molar-refractivity contribution in [2.24, 2.45) is 5.92 Å². The van der Waals surface area contributed by atoms with Gasteiger partial charge in [-0.3, -0.25) is 9.59 Å². The zero-order valence-corrected chi connectivity index (χ0v) is 20.9. The lowest BCUT2D eigenvalue weighted by Gasteiger charge is -2.25. The van der Waals surface area contributed by atoms with Gasteiger partial charge in [0.15, 0.2) is 11.5 Å². The fourth-order valence-corrected chi connectivity index (χ4v) is 5.79. The Hall–Kier alpha value is -3.66. The van der Waals surface area contributed by atoms with E-state index in [1.54, 1.807) is 6.20 Å². The van der Waals surface area contributed by atoms with E-state index in [0.717, 1.165) is 35.2 Å². The molecule has 37 heavy (non-hydrogen) atoms. The highest BCUT2D eigenvalue weighted by molar-refractivity contribution is 6.06. The van der Waals surface area contributed by atoms with Gasteiger partial charge < -0.3 is 26.0 Å². The lowest BCUT2D eigenvalue weighted by molar-refractivity contribution is 0.0697. The van der Waals surface area contributed by atoms with Gasteiger partial charge in [0.05, 0.1) is 23.0 Å². The summed E-state index contributed by atoms with van der Waals surface area (Å²) in [4.78, 5) is 35.4. The summed E-state index contributed by atoms with van der Waals surface area (Å²) in [5.74, 6) is 0.546. The number of aromatic nitrogens is 3. The standard InChI is InChI=1S/C27H31N7O3/c1-14(15-2-3-15)33-12-17-10-16(11-21(22(17)27(33)37)32-8-6-19(35)13-32)20-7-9-34-25(30-20)23(24(28)31-34)26(36)29-18-4-5-18/h7,9-11,14-15,18-19,35H,2-6,8,12-13H2,1H3,(H2,28,31)(H,29,36). The number of hydrogen-bond donors (Lipinski definition) is 3. The lowest BCUT2D eigenvalue weighted by atomic mass is 10.0. The van der Waals surface area contributed by atoms with E-state index in [-0.39, 0.29) is 35.3 Å². The number of aliphatic hydroxyl groups is 1. The zero-order chi connectivity index (χ0) is 25.4. The second kappa shape index (κ2) is 8.17. The molecular formula is C27H31N7O3. The number of nitrogens with two attached hydrogens (primary N) is 1. The molecule has 3 aromatic rings. The summed E-state index contributed by atoms with van der Waals surface area (Å²) in [5.41, 5.74) is 10.9. The second-order valence-corrected chi connectivity index (χ2v) is 11.0. The van der Waals surface area contributed by atoms with Crippen LogP contribution >= 0.6 is 0 Å². The summed E-state index contributed by atoms with van der Waals surface area (Å²) >= 11 is 0. The van der Waals surface area contributed by atoms with Crippen molar-refractivity contribution in [2.75, 3.05) is 23.7 Å². The minimum atomic E-state index is -0.408. The minimum absolute atomic E-state index is 0.0725. The smallest absolute Gasteiger partial charge is 0.259 e. The van der Waals surface area contributed by atoms with E-state index in [1.165, 1.54) is 17.4 Å². The first-order valence-electron chi connectivity index (χ1n) is 13.2. The van der Waals surface area contributed by atoms with E-state index in [4.69, 9.17) is 10.7 Å². The van der Waals surface area contributed by atoms with Crippen LogP contribution in [-0.2, 0) is 6.54 Å². The summed E-state index contributed by atoms with van der Waals surface area (Å²) in [5, 5.41) is 17.5. The monoisotopic (exact) mass is 501 g/mol. The van der Waals surface area contributed by atoms with Crippen molar-refractivity contribution in [3.8, 4) is 11.3 Å². The van der Waals surface area contributed by atoms with Crippen LogP contribution in [0.4, 0.5) is 11.5 Å². The summed E-state index contributed by atoms with van der Waals surface area (Å²) in [6.45, 7) is 3.91. The Kier molecular flexibility index (Phi) is 4.98. The van der Waals surface area contributed by atoms with Gasteiger partial charge in [-0.15, -0.1) is 5.10 Å². The Morgan fingerprint density at radius 1 is 1.22 bits per heavy atom. The second-order valence-electron chi connectivity index (χ2n) is 11.0. The van der Waals surface area contributed by atoms with Gasteiger partial charge in [0.2, 0.25) is 0 Å². The molecular weight excluding hydrogens is 470 g/mol. The third-order valence-electron chi connectivity index (χ3n) is 8.26. The van der Waals surface area contributed by atoms with Crippen LogP contribution in [0.5, 0.6) is 0 Å². The number of amides is 2. The van der Waals surface area contributed by atoms with Crippen LogP contribution < -0.4 is 16.0 Å². The molecule has 2 aliphatic heterocycles. The molecule has 2 atom stereocenters. The number of carbonyl (C=O) groups is 2. The third-order valence-corrected chi connectivity index (χ3v) is 8.26. The molecule has 2 amide bonds. The number of aliphatic hydroxyl groups excluding tert-OH is 1. The minimum Gasteiger partial charge on any atom is -0.391 e. The molecule has 0 radical (unpaired) electrons. The quantitative estimate of drug-likeness (QED) is 0.472. The van der Waals surface area contributed by atoms with E-state index >= 15 is 0 Å². The highest BCUT2D eigenvalue weighted by Crippen LogP contribution is 2.42. The Balaban J connectivity index is 1.32. The molecule has 2 aliphatic carbocycles. The van der Waals surface area contributed by atoms with Crippen LogP contribution in [0.1, 0.15) is 65.3 Å². The van der Waals surface area contributed by atoms with Gasteiger partial charge in [-0.05, 0) is 68.7 Å². The molecule has 2 saturated carbocycles. The zero-order valence-electron chi connectivity index (χ0n) is 20.9. The number of β-amino-alcohol motifs (C(OH)–C–C–N with tert-alkyl or cyclic N) is 1. The van der Waals surface area contributed by atoms with Crippen molar-refractivity contribution in [1.82, 2.24) is 24.8 Å². The predicted molar refractivity (Wildman–Crippen MR) is 138 cm³/mol. The van der Waals surface area contributed by atoms with Gasteiger partial charge in [-0.2, -0.15) is 0 Å². The third kappa shape index (κ3) is 3.81. The lowest BCUT2D eigenvalue weighted by Crippen LogP contribution is -2.35. The van der Waals surface area contributed by atoms with Gasteiger partial charge >= 0.3 is 0 Å². The Morgan fingerprint density at radius 3 is 2.73 bits per heavy atom. The van der Waals surface area contributed by atoms with Crippen LogP contribution in [-0.4, -0.2) is 67.7 Å². The molecule has 4 heterocycles. The van der Waals surface area contributed by atoms with Crippen LogP contribution in [0.15, 0.2) is 24.4 Å². The summed E-state index contributed by atoms with van der Waals surface area (Å²) in [7, 11) is 0. The number of benzene rings is 1. The van der Waals surface area contributed by atoms with Crippen molar-refractivity contribution in [3.05, 3.63) is 41.1 Å². The van der Waals surface area contributed by atoms with E-state index in [0.29, 0.717) is 43.3 Å². The van der Waals surface area contributed by atoms with Crippen molar-refractivity contribution in [3.63, 3.8) is 0 Å². The molecule has 7 rings (SSSR count). The van der Waals surface area contributed by atoms with Crippen LogP contribution in [0, 0.1) is 5.92 Å². The average Bonchev–Trinajstić information content (AvgIpc) is 3.79. The molecule has 4 aliphatic rings. The highest BCUT2D eigenvalue weighted by atomic mass is 16.3. The number of fused-ring (bicyclic) bond motifs is 2. The van der Waals surface area contributed by atoms with Gasteiger partial charge in [-0.1, -0.05) is 0 Å². The number of hydrogen-bond acceptors (Lipinski definition) is 7. The number of nitrogens with zero attached hydrogens (tertiary/aromatic N) is 5. The molecule has 0 spiro atoms. The van der Waals surface area contributed by atoms with Crippen LogP contribution in [0.3, 0.4) is 0 Å². The van der Waals surface area contributed by atoms with Crippen molar-refractivity contribution in [2.45, 2.75) is 63.8 Å². The molecule has 2 unspecified atom stereocenters. The maximum Gasteiger partial charge on any atom is 0.259 e. The Morgan fingerprint density at radius 2 is 2.03 bits per heavy atom. The van der Waals surface area contributed by atoms with Crippen molar-refractivity contribution < 1.29 is 14.7 Å². The number of nitrogens with one attached hydrogen (secondary N) is 1. The van der Waals surface area contributed by atoms with E-state index in [1.807, 2.05) is 23.1 Å². The first-order valence-corrected chi connectivity index (χ1v) is 13.2. The summed E-state index contributed by atoms with van der Waals surface area (Å²) < 4.78 is 1.54. The maximum atomic E-state index is 13.6. The Bertz CT molecular complexity index is 1440. The number of nitrogen functional groups attached to an aromatic ring is 1. The molecule has 10 nitrogen and oxygen atoms in total. The van der Waals surface area contributed by atoms with Gasteiger partial charge in [0, 0.05) is 43.5 Å². The molecule has 192 valence electrons. The molecule has 4 N–H and O–H groups in total. The molecule has 1 saturated heterocycles. The van der Waals surface area contributed by atoms with Gasteiger partial charge in [0.25, 0.3) is 11.8 Å². The highest BCUT2D eigenvalue weighted by Gasteiger charge is 2.41. The van der Waals surface area contributed by atoms with E-state index < -0.39 is 6.10 Å². The maximum absolute atomic E-state index is 13.6. The first kappa shape index (κ1) is 22.5. The fourth-order valence-electron chi connectivity index (χ4n) is 5.79. The summed E-state index contributed by atoms with van der Waals surface area (Å²) in [6.07, 6.45) is 6.33. The van der Waals surface area contributed by atoms with Crippen LogP contribution in [0.2, 0.25) is 0 Å². The van der Waals surface area contributed by atoms with Gasteiger partial charge in [-0.25, -0.2) is 9.50 Å². The van der Waals surface area contributed by atoms with Crippen molar-refractivity contribution >= 4 is 29.0 Å². The number of anilines is 2. The summed E-state index contributed by atoms with van der Waals surface area (Å²) in [6, 6.07) is 6.30. The van der Waals surface area contributed by atoms with Crippen molar-refractivity contribution in [1.29, 1.82) is 0 Å². The average molecular weight is 502 g/mol.